The zero-order chi connectivity index (χ0) is 50.3. The third-order valence-electron chi connectivity index (χ3n) is 13.6. The van der Waals surface area contributed by atoms with Gasteiger partial charge in [-0.3, -0.25) is 4.79 Å². The Hall–Kier alpha value is -1.79. The first-order chi connectivity index (χ1) is 33.6. The third-order valence-corrected chi connectivity index (χ3v) is 13.6. The molecule has 2 rings (SSSR count). The van der Waals surface area contributed by atoms with E-state index < -0.39 is 86.8 Å². The van der Waals surface area contributed by atoms with Gasteiger partial charge in [-0.05, 0) is 51.4 Å². The summed E-state index contributed by atoms with van der Waals surface area (Å²) in [7, 11) is 0. The summed E-state index contributed by atoms with van der Waals surface area (Å²) in [6.45, 7) is 2.75. The lowest BCUT2D eigenvalue weighted by Gasteiger charge is -2.46. The normalized spacial score (nSPS) is 26.4. The van der Waals surface area contributed by atoms with Crippen LogP contribution in [0.3, 0.4) is 0 Å². The second-order valence-corrected chi connectivity index (χ2v) is 19.7. The molecule has 0 aliphatic carbocycles. The van der Waals surface area contributed by atoms with Gasteiger partial charge >= 0.3 is 0 Å². The molecule has 12 unspecified atom stereocenters. The molecule has 404 valence electrons. The monoisotopic (exact) mass is 984 g/mol. The van der Waals surface area contributed by atoms with Crippen LogP contribution < -0.4 is 5.32 Å². The average Bonchev–Trinajstić information content (AvgIpc) is 3.35. The Morgan fingerprint density at radius 1 is 0.522 bits per heavy atom. The van der Waals surface area contributed by atoms with Gasteiger partial charge in [-0.2, -0.15) is 0 Å². The van der Waals surface area contributed by atoms with Crippen LogP contribution in [0.5, 0.6) is 0 Å². The highest BCUT2D eigenvalue weighted by Crippen LogP contribution is 2.30. The number of allylic oxidation sites excluding steroid dienone is 5. The number of carbonyl (C=O) groups excluding carboxylic acids is 1. The van der Waals surface area contributed by atoms with Crippen molar-refractivity contribution in [2.75, 3.05) is 19.8 Å². The summed E-state index contributed by atoms with van der Waals surface area (Å²) in [6.07, 6.45) is 32.0. The molecule has 2 fully saturated rings. The second kappa shape index (κ2) is 41.7. The van der Waals surface area contributed by atoms with E-state index in [-0.39, 0.29) is 18.9 Å². The Labute approximate surface area is 417 Å². The molecule has 12 atom stereocenters. The Morgan fingerprint density at radius 3 is 1.45 bits per heavy atom. The van der Waals surface area contributed by atoms with E-state index in [0.717, 1.165) is 44.9 Å². The SMILES string of the molecule is CCCCCCC/C=C\C/C=C\CCCCCCCCCCCCCCCC(=O)NC(COC1OC(CO)C(OC2OC(CO)C(O)C(O)C2O)C(O)C1O)C(O)/C=C/CCCCCCCCCC. The molecule has 9 N–H and O–H groups in total. The highest BCUT2D eigenvalue weighted by atomic mass is 16.7. The molecule has 0 aromatic heterocycles. The minimum Gasteiger partial charge on any atom is -0.394 e. The van der Waals surface area contributed by atoms with Crippen LogP contribution in [0.25, 0.3) is 0 Å². The van der Waals surface area contributed by atoms with Crippen molar-refractivity contribution in [3.8, 4) is 0 Å². The molecule has 0 spiro atoms. The van der Waals surface area contributed by atoms with Crippen LogP contribution in [-0.2, 0) is 23.7 Å². The zero-order valence-corrected chi connectivity index (χ0v) is 43.1. The zero-order valence-electron chi connectivity index (χ0n) is 43.1. The topological polar surface area (TPSA) is 228 Å². The molecule has 2 aliphatic rings. The maximum absolute atomic E-state index is 13.2. The van der Waals surface area contributed by atoms with Gasteiger partial charge in [0, 0.05) is 6.42 Å². The fraction of sp³-hybridized carbons (Fsp3) is 0.873. The molecule has 0 aromatic carbocycles. The van der Waals surface area contributed by atoms with Crippen molar-refractivity contribution in [3.63, 3.8) is 0 Å². The number of ether oxygens (including phenoxy) is 4. The Morgan fingerprint density at radius 2 is 0.957 bits per heavy atom. The van der Waals surface area contributed by atoms with Crippen molar-refractivity contribution in [2.45, 2.75) is 286 Å². The van der Waals surface area contributed by atoms with Crippen LogP contribution in [0.15, 0.2) is 36.5 Å². The summed E-state index contributed by atoms with van der Waals surface area (Å²) in [5.74, 6) is -0.242. The maximum atomic E-state index is 13.2. The minimum atomic E-state index is -1.79. The van der Waals surface area contributed by atoms with E-state index in [1.54, 1.807) is 6.08 Å². The van der Waals surface area contributed by atoms with Crippen LogP contribution in [0.2, 0.25) is 0 Å². The number of carbonyl (C=O) groups is 1. The van der Waals surface area contributed by atoms with Crippen molar-refractivity contribution < 1.29 is 64.6 Å². The van der Waals surface area contributed by atoms with Gasteiger partial charge in [0.1, 0.15) is 48.8 Å². The summed E-state index contributed by atoms with van der Waals surface area (Å²) in [4.78, 5) is 13.2. The van der Waals surface area contributed by atoms with Crippen molar-refractivity contribution in [2.24, 2.45) is 0 Å². The van der Waals surface area contributed by atoms with Crippen LogP contribution in [0.1, 0.15) is 213 Å². The molecular weight excluding hydrogens is 883 g/mol. The van der Waals surface area contributed by atoms with Gasteiger partial charge in [0.2, 0.25) is 5.91 Å². The minimum absolute atomic E-state index is 0.242. The predicted molar refractivity (Wildman–Crippen MR) is 272 cm³/mol. The molecule has 2 heterocycles. The Balaban J connectivity index is 1.72. The van der Waals surface area contributed by atoms with Crippen molar-refractivity contribution in [1.29, 1.82) is 0 Å². The van der Waals surface area contributed by atoms with Gasteiger partial charge in [-0.1, -0.05) is 192 Å². The first-order valence-electron chi connectivity index (χ1n) is 27.7. The van der Waals surface area contributed by atoms with Gasteiger partial charge in [0.15, 0.2) is 12.6 Å². The largest absolute Gasteiger partial charge is 0.394 e. The summed E-state index contributed by atoms with van der Waals surface area (Å²) in [6, 6.07) is -0.912. The fourth-order valence-electron chi connectivity index (χ4n) is 9.03. The Bertz CT molecular complexity index is 1300. The highest BCUT2D eigenvalue weighted by molar-refractivity contribution is 5.76. The van der Waals surface area contributed by atoms with Gasteiger partial charge in [-0.25, -0.2) is 0 Å². The highest BCUT2D eigenvalue weighted by Gasteiger charge is 2.51. The number of nitrogens with one attached hydrogen (secondary N) is 1. The van der Waals surface area contributed by atoms with Crippen LogP contribution in [0.4, 0.5) is 0 Å². The maximum Gasteiger partial charge on any atom is 0.220 e. The number of aliphatic hydroxyl groups excluding tert-OH is 8. The van der Waals surface area contributed by atoms with Crippen LogP contribution in [0, 0.1) is 0 Å². The summed E-state index contributed by atoms with van der Waals surface area (Å²) in [5.41, 5.74) is 0. The standard InChI is InChI=1S/C55H101NO13/c1-3-5-7-9-11-13-15-16-17-18-19-20-21-22-23-24-25-26-27-28-29-31-33-35-37-39-47(60)56-43(44(59)38-36-34-32-30-14-12-10-8-6-4-2)42-66-54-52(65)50(63)53(46(41-58)68-54)69-55-51(64)49(62)48(61)45(40-57)67-55/h15-16,18-19,36,38,43-46,48-55,57-59,61-65H,3-14,17,20-35,37,39-42H2,1-2H3,(H,56,60)/b16-15-,19-18-,38-36+. The van der Waals surface area contributed by atoms with E-state index in [2.05, 4.69) is 43.5 Å². The van der Waals surface area contributed by atoms with E-state index in [1.165, 1.54) is 141 Å². The molecule has 2 aliphatic heterocycles. The molecule has 2 saturated heterocycles. The molecular formula is C55H101NO13. The molecule has 0 saturated carbocycles. The van der Waals surface area contributed by atoms with Gasteiger partial charge < -0.3 is 65.1 Å². The number of aliphatic hydroxyl groups is 8. The molecule has 1 amide bonds. The number of unbranched alkanes of at least 4 members (excludes halogenated alkanes) is 26. The molecule has 0 radical (unpaired) electrons. The first kappa shape index (κ1) is 63.3. The quantitative estimate of drug-likeness (QED) is 0.0207. The van der Waals surface area contributed by atoms with Crippen molar-refractivity contribution in [1.82, 2.24) is 5.32 Å². The lowest BCUT2D eigenvalue weighted by atomic mass is 9.97. The smallest absolute Gasteiger partial charge is 0.220 e. The van der Waals surface area contributed by atoms with Gasteiger partial charge in [0.25, 0.3) is 0 Å². The second-order valence-electron chi connectivity index (χ2n) is 19.7. The number of hydrogen-bond donors (Lipinski definition) is 9. The first-order valence-corrected chi connectivity index (χ1v) is 27.7. The predicted octanol–water partition coefficient (Wildman–Crippen LogP) is 8.27. The van der Waals surface area contributed by atoms with Crippen molar-refractivity contribution in [3.05, 3.63) is 36.5 Å². The third kappa shape index (κ3) is 28.3. The van der Waals surface area contributed by atoms with E-state index >= 15 is 0 Å². The summed E-state index contributed by atoms with van der Waals surface area (Å²) in [5, 5.41) is 86.7. The van der Waals surface area contributed by atoms with Gasteiger partial charge in [0.05, 0.1) is 32.0 Å². The van der Waals surface area contributed by atoms with E-state index in [1.807, 2.05) is 6.08 Å². The van der Waals surface area contributed by atoms with E-state index in [0.29, 0.717) is 6.42 Å². The number of hydrogen-bond acceptors (Lipinski definition) is 13. The average molecular weight is 984 g/mol. The van der Waals surface area contributed by atoms with Crippen LogP contribution >= 0.6 is 0 Å². The van der Waals surface area contributed by atoms with E-state index in [9.17, 15) is 45.6 Å². The number of rotatable bonds is 43. The Kier molecular flexibility index (Phi) is 38.2. The lowest BCUT2D eigenvalue weighted by Crippen LogP contribution is -2.65. The summed E-state index contributed by atoms with van der Waals surface area (Å²) >= 11 is 0. The molecule has 14 nitrogen and oxygen atoms in total. The van der Waals surface area contributed by atoms with Gasteiger partial charge in [-0.15, -0.1) is 0 Å². The molecule has 0 bridgehead atoms. The van der Waals surface area contributed by atoms with E-state index in [4.69, 9.17) is 18.9 Å². The lowest BCUT2D eigenvalue weighted by molar-refractivity contribution is -0.359. The van der Waals surface area contributed by atoms with Crippen LogP contribution in [-0.4, -0.2) is 140 Å². The fourth-order valence-corrected chi connectivity index (χ4v) is 9.03. The summed E-state index contributed by atoms with van der Waals surface area (Å²) < 4.78 is 22.7. The molecule has 14 heteroatoms. The molecule has 69 heavy (non-hydrogen) atoms. The molecule has 0 aromatic rings. The number of amides is 1. The van der Waals surface area contributed by atoms with Crippen molar-refractivity contribution >= 4 is 5.91 Å².